The van der Waals surface area contributed by atoms with Crippen LogP contribution >= 0.6 is 0 Å². The normalized spacial score (nSPS) is 10.1. The van der Waals surface area contributed by atoms with Gasteiger partial charge in [0.05, 0.1) is 0 Å². The summed E-state index contributed by atoms with van der Waals surface area (Å²) in [4.78, 5) is 10.7. The molecule has 0 radical (unpaired) electrons. The van der Waals surface area contributed by atoms with Crippen LogP contribution in [0.15, 0.2) is 18.9 Å². The number of aryl methyl sites for hydroxylation is 1. The summed E-state index contributed by atoms with van der Waals surface area (Å²) in [6, 6.07) is 0. The fourth-order valence-corrected chi connectivity index (χ4v) is 1.30. The molecule has 1 heterocycles. The van der Waals surface area contributed by atoms with E-state index in [0.29, 0.717) is 0 Å². The van der Waals surface area contributed by atoms with E-state index >= 15 is 0 Å². The standard InChI is InChI=1S/C11H18N4/c1-5-6-15(4)11-13-8-10(7-12-3)9(2)14-11/h5,8,12H,1,6-7H2,2-4H3. The van der Waals surface area contributed by atoms with Crippen molar-refractivity contribution in [1.82, 2.24) is 15.3 Å². The number of hydrogen-bond acceptors (Lipinski definition) is 4. The van der Waals surface area contributed by atoms with Gasteiger partial charge in [-0.05, 0) is 14.0 Å². The molecule has 0 saturated heterocycles. The molecule has 0 amide bonds. The fraction of sp³-hybridized carbons (Fsp3) is 0.455. The first-order chi connectivity index (χ1) is 7.19. The van der Waals surface area contributed by atoms with Crippen molar-refractivity contribution in [3.8, 4) is 0 Å². The molecule has 1 aromatic heterocycles. The van der Waals surface area contributed by atoms with E-state index in [4.69, 9.17) is 0 Å². The Balaban J connectivity index is 2.85. The molecule has 4 heteroatoms. The predicted molar refractivity (Wildman–Crippen MR) is 63.0 cm³/mol. The molecular formula is C11H18N4. The maximum Gasteiger partial charge on any atom is 0.225 e. The second kappa shape index (κ2) is 5.46. The zero-order valence-corrected chi connectivity index (χ0v) is 9.62. The molecule has 0 aliphatic carbocycles. The maximum atomic E-state index is 4.44. The summed E-state index contributed by atoms with van der Waals surface area (Å²) in [6.07, 6.45) is 3.70. The van der Waals surface area contributed by atoms with E-state index in [0.717, 1.165) is 30.3 Å². The Labute approximate surface area is 91.0 Å². The summed E-state index contributed by atoms with van der Waals surface area (Å²) >= 11 is 0. The smallest absolute Gasteiger partial charge is 0.225 e. The van der Waals surface area contributed by atoms with Gasteiger partial charge >= 0.3 is 0 Å². The first-order valence-corrected chi connectivity index (χ1v) is 4.98. The first kappa shape index (κ1) is 11.7. The highest BCUT2D eigenvalue weighted by Crippen LogP contribution is 2.09. The molecule has 0 saturated carbocycles. The van der Waals surface area contributed by atoms with Crippen LogP contribution in [0.4, 0.5) is 5.95 Å². The van der Waals surface area contributed by atoms with Gasteiger partial charge in [0.25, 0.3) is 0 Å². The summed E-state index contributed by atoms with van der Waals surface area (Å²) in [5.41, 5.74) is 2.15. The van der Waals surface area contributed by atoms with Crippen molar-refractivity contribution in [1.29, 1.82) is 0 Å². The van der Waals surface area contributed by atoms with Crippen LogP contribution in [0.1, 0.15) is 11.3 Å². The van der Waals surface area contributed by atoms with E-state index in [-0.39, 0.29) is 0 Å². The van der Waals surface area contributed by atoms with Gasteiger partial charge in [0, 0.05) is 37.6 Å². The lowest BCUT2D eigenvalue weighted by atomic mass is 10.2. The van der Waals surface area contributed by atoms with Crippen molar-refractivity contribution in [3.63, 3.8) is 0 Å². The van der Waals surface area contributed by atoms with Crippen LogP contribution in [0.25, 0.3) is 0 Å². The molecule has 0 aromatic carbocycles. The number of likely N-dealkylation sites (N-methyl/N-ethyl adjacent to an activating group) is 1. The zero-order chi connectivity index (χ0) is 11.3. The van der Waals surface area contributed by atoms with E-state index in [1.54, 1.807) is 0 Å². The van der Waals surface area contributed by atoms with Gasteiger partial charge in [0.15, 0.2) is 0 Å². The highest BCUT2D eigenvalue weighted by atomic mass is 15.2. The van der Waals surface area contributed by atoms with Gasteiger partial charge in [-0.1, -0.05) is 6.08 Å². The fourth-order valence-electron chi connectivity index (χ4n) is 1.30. The highest BCUT2D eigenvalue weighted by Gasteiger charge is 2.05. The van der Waals surface area contributed by atoms with Gasteiger partial charge in [0.1, 0.15) is 0 Å². The zero-order valence-electron chi connectivity index (χ0n) is 9.62. The highest BCUT2D eigenvalue weighted by molar-refractivity contribution is 5.32. The molecule has 1 N–H and O–H groups in total. The third kappa shape index (κ3) is 3.02. The summed E-state index contributed by atoms with van der Waals surface area (Å²) in [6.45, 7) is 7.25. The van der Waals surface area contributed by atoms with Crippen molar-refractivity contribution in [2.45, 2.75) is 13.5 Å². The van der Waals surface area contributed by atoms with Crippen molar-refractivity contribution in [2.24, 2.45) is 0 Å². The third-order valence-corrected chi connectivity index (χ3v) is 2.18. The van der Waals surface area contributed by atoms with Gasteiger partial charge in [-0.25, -0.2) is 9.97 Å². The van der Waals surface area contributed by atoms with E-state index in [9.17, 15) is 0 Å². The number of anilines is 1. The summed E-state index contributed by atoms with van der Waals surface area (Å²) in [5, 5.41) is 3.09. The molecule has 1 rings (SSSR count). The van der Waals surface area contributed by atoms with Gasteiger partial charge in [-0.15, -0.1) is 6.58 Å². The van der Waals surface area contributed by atoms with Gasteiger partial charge in [-0.3, -0.25) is 0 Å². The van der Waals surface area contributed by atoms with E-state index in [1.165, 1.54) is 0 Å². The largest absolute Gasteiger partial charge is 0.340 e. The minimum absolute atomic E-state index is 0.743. The molecule has 0 aliphatic rings. The molecule has 0 aliphatic heterocycles. The van der Waals surface area contributed by atoms with E-state index in [2.05, 4.69) is 21.9 Å². The Morgan fingerprint density at radius 2 is 2.33 bits per heavy atom. The molecule has 15 heavy (non-hydrogen) atoms. The van der Waals surface area contributed by atoms with Crippen LogP contribution in [0, 0.1) is 6.92 Å². The molecular weight excluding hydrogens is 188 g/mol. The Morgan fingerprint density at radius 3 is 2.87 bits per heavy atom. The van der Waals surface area contributed by atoms with Crippen LogP contribution in [-0.4, -0.2) is 30.6 Å². The number of nitrogens with zero attached hydrogens (tertiary/aromatic N) is 3. The van der Waals surface area contributed by atoms with Crippen LogP contribution in [0.2, 0.25) is 0 Å². The van der Waals surface area contributed by atoms with Crippen molar-refractivity contribution >= 4 is 5.95 Å². The second-order valence-electron chi connectivity index (χ2n) is 3.48. The van der Waals surface area contributed by atoms with Crippen molar-refractivity contribution < 1.29 is 0 Å². The minimum atomic E-state index is 0.743. The van der Waals surface area contributed by atoms with E-state index in [1.807, 2.05) is 38.2 Å². The lowest BCUT2D eigenvalue weighted by Crippen LogP contribution is -2.20. The molecule has 0 spiro atoms. The van der Waals surface area contributed by atoms with Crippen LogP contribution in [0.3, 0.4) is 0 Å². The molecule has 0 fully saturated rings. The SMILES string of the molecule is C=CCN(C)c1ncc(CNC)c(C)n1. The Kier molecular flexibility index (Phi) is 4.24. The van der Waals surface area contributed by atoms with Gasteiger partial charge < -0.3 is 10.2 Å². The van der Waals surface area contributed by atoms with Crippen LogP contribution in [0.5, 0.6) is 0 Å². The predicted octanol–water partition coefficient (Wildman–Crippen LogP) is 1.13. The number of aromatic nitrogens is 2. The van der Waals surface area contributed by atoms with Gasteiger partial charge in [-0.2, -0.15) is 0 Å². The van der Waals surface area contributed by atoms with Crippen LogP contribution in [-0.2, 0) is 6.54 Å². The number of rotatable bonds is 5. The van der Waals surface area contributed by atoms with Crippen molar-refractivity contribution in [2.75, 3.05) is 25.5 Å². The summed E-state index contributed by atoms with van der Waals surface area (Å²) in [5.74, 6) is 0.743. The Bertz CT molecular complexity index is 335. The monoisotopic (exact) mass is 206 g/mol. The third-order valence-electron chi connectivity index (χ3n) is 2.18. The quantitative estimate of drug-likeness (QED) is 0.733. The molecule has 4 nitrogen and oxygen atoms in total. The topological polar surface area (TPSA) is 41.1 Å². The molecule has 1 aromatic rings. The van der Waals surface area contributed by atoms with Crippen molar-refractivity contribution in [3.05, 3.63) is 30.1 Å². The minimum Gasteiger partial charge on any atom is -0.340 e. The van der Waals surface area contributed by atoms with Crippen LogP contribution < -0.4 is 10.2 Å². The number of hydrogen-bond donors (Lipinski definition) is 1. The second-order valence-corrected chi connectivity index (χ2v) is 3.48. The average molecular weight is 206 g/mol. The Morgan fingerprint density at radius 1 is 1.60 bits per heavy atom. The van der Waals surface area contributed by atoms with Gasteiger partial charge in [0.2, 0.25) is 5.95 Å². The lowest BCUT2D eigenvalue weighted by molar-refractivity contribution is 0.791. The molecule has 0 bridgehead atoms. The number of nitrogens with one attached hydrogen (secondary N) is 1. The first-order valence-electron chi connectivity index (χ1n) is 4.98. The average Bonchev–Trinajstić information content (AvgIpc) is 2.21. The molecule has 82 valence electrons. The Hall–Kier alpha value is -1.42. The maximum absolute atomic E-state index is 4.44. The molecule has 0 atom stereocenters. The molecule has 0 unspecified atom stereocenters. The lowest BCUT2D eigenvalue weighted by Gasteiger charge is -2.15. The van der Waals surface area contributed by atoms with E-state index < -0.39 is 0 Å². The summed E-state index contributed by atoms with van der Waals surface area (Å²) in [7, 11) is 3.87. The summed E-state index contributed by atoms with van der Waals surface area (Å²) < 4.78 is 0.